The molecule has 0 saturated heterocycles. The molecule has 1 fully saturated rings. The lowest BCUT2D eigenvalue weighted by molar-refractivity contribution is -0.132. The van der Waals surface area contributed by atoms with Gasteiger partial charge in [0, 0.05) is 19.0 Å². The molecule has 0 radical (unpaired) electrons. The Morgan fingerprint density at radius 1 is 1.48 bits per heavy atom. The van der Waals surface area contributed by atoms with Crippen molar-refractivity contribution in [1.29, 1.82) is 0 Å². The molecule has 1 saturated carbocycles. The van der Waals surface area contributed by atoms with E-state index in [0.29, 0.717) is 0 Å². The number of nitrogens with zero attached hydrogens (tertiary/aromatic N) is 2. The molecule has 1 heterocycles. The van der Waals surface area contributed by atoms with Gasteiger partial charge in [0.1, 0.15) is 11.6 Å². The zero-order chi connectivity index (χ0) is 20.4. The number of anilines is 1. The molecule has 108 valence electrons. The first-order valence-corrected chi connectivity index (χ1v) is 6.18. The summed E-state index contributed by atoms with van der Waals surface area (Å²) in [5.41, 5.74) is 4.57. The van der Waals surface area contributed by atoms with Gasteiger partial charge in [-0.15, -0.1) is 0 Å². The number of fused-ring (bicyclic) bond motifs is 1. The van der Waals surface area contributed by atoms with Gasteiger partial charge in [-0.25, -0.2) is 4.98 Å². The van der Waals surface area contributed by atoms with Gasteiger partial charge < -0.3 is 5.73 Å². The SMILES string of the molecule is [2H]C([2H])([2H])c1nc2cccc(N)c2c(=O)n1C1([2H])C(=O)CC(=O)CC1([2H])[2H]. The van der Waals surface area contributed by atoms with Crippen molar-refractivity contribution in [3.8, 4) is 0 Å². The highest BCUT2D eigenvalue weighted by atomic mass is 16.2. The van der Waals surface area contributed by atoms with E-state index in [9.17, 15) is 14.4 Å². The Balaban J connectivity index is 2.51. The Morgan fingerprint density at radius 3 is 3.00 bits per heavy atom. The minimum Gasteiger partial charge on any atom is -0.398 e. The molecule has 1 aliphatic carbocycles. The van der Waals surface area contributed by atoms with Crippen molar-refractivity contribution in [2.45, 2.75) is 32.1 Å². The summed E-state index contributed by atoms with van der Waals surface area (Å²) >= 11 is 0. The van der Waals surface area contributed by atoms with Crippen LogP contribution in [0.25, 0.3) is 10.9 Å². The summed E-state index contributed by atoms with van der Waals surface area (Å²) in [6.07, 6.45) is -4.40. The van der Waals surface area contributed by atoms with Crippen molar-refractivity contribution >= 4 is 28.2 Å². The van der Waals surface area contributed by atoms with Crippen LogP contribution in [-0.2, 0) is 9.59 Å². The zero-order valence-electron chi connectivity index (χ0n) is 16.8. The molecule has 0 spiro atoms. The zero-order valence-corrected chi connectivity index (χ0v) is 10.8. The van der Waals surface area contributed by atoms with E-state index >= 15 is 0 Å². The van der Waals surface area contributed by atoms with Crippen molar-refractivity contribution in [2.24, 2.45) is 0 Å². The maximum Gasteiger partial charge on any atom is 0.264 e. The Hall–Kier alpha value is -2.50. The van der Waals surface area contributed by atoms with Gasteiger partial charge in [0.15, 0.2) is 5.78 Å². The van der Waals surface area contributed by atoms with Crippen LogP contribution in [0.3, 0.4) is 0 Å². The molecule has 6 nitrogen and oxygen atoms in total. The second-order valence-corrected chi connectivity index (χ2v) is 4.66. The summed E-state index contributed by atoms with van der Waals surface area (Å²) in [6.45, 7) is -3.02. The van der Waals surface area contributed by atoms with Crippen molar-refractivity contribution in [2.75, 3.05) is 5.73 Å². The lowest BCUT2D eigenvalue weighted by Gasteiger charge is -2.24. The number of aromatic nitrogens is 2. The van der Waals surface area contributed by atoms with Gasteiger partial charge in [0.25, 0.3) is 5.56 Å². The Labute approximate surface area is 129 Å². The van der Waals surface area contributed by atoms with E-state index < -0.39 is 55.0 Å². The fourth-order valence-electron chi connectivity index (χ4n) is 2.27. The third kappa shape index (κ3) is 2.12. The van der Waals surface area contributed by atoms with Crippen LogP contribution in [0.15, 0.2) is 23.0 Å². The van der Waals surface area contributed by atoms with E-state index in [4.69, 9.17) is 14.0 Å². The van der Waals surface area contributed by atoms with Crippen molar-refractivity contribution < 1.29 is 17.8 Å². The van der Waals surface area contributed by atoms with Crippen molar-refractivity contribution in [3.63, 3.8) is 0 Å². The van der Waals surface area contributed by atoms with Gasteiger partial charge in [0.05, 0.1) is 24.7 Å². The number of ketones is 2. The van der Waals surface area contributed by atoms with Gasteiger partial charge in [0.2, 0.25) is 0 Å². The predicted molar refractivity (Wildman–Crippen MR) is 78.1 cm³/mol. The molecule has 1 unspecified atom stereocenters. The number of hydrogen-bond acceptors (Lipinski definition) is 5. The molecule has 0 amide bonds. The average Bonchev–Trinajstić information content (AvgIpc) is 2.50. The van der Waals surface area contributed by atoms with Crippen LogP contribution >= 0.6 is 0 Å². The van der Waals surface area contributed by atoms with E-state index in [1.165, 1.54) is 18.2 Å². The second-order valence-electron chi connectivity index (χ2n) is 4.66. The van der Waals surface area contributed by atoms with Crippen LogP contribution < -0.4 is 11.3 Å². The molecule has 1 aromatic carbocycles. The van der Waals surface area contributed by atoms with Crippen molar-refractivity contribution in [3.05, 3.63) is 34.4 Å². The lowest BCUT2D eigenvalue weighted by atomic mass is 9.92. The molecule has 0 aliphatic heterocycles. The van der Waals surface area contributed by atoms with E-state index in [1.54, 1.807) is 0 Å². The summed E-state index contributed by atoms with van der Waals surface area (Å²) in [5.74, 6) is -2.86. The molecule has 21 heavy (non-hydrogen) atoms. The number of carbonyl (C=O) groups is 2. The Bertz CT molecular complexity index is 1050. The Morgan fingerprint density at radius 2 is 2.29 bits per heavy atom. The minimum atomic E-state index is -3.02. The maximum absolute atomic E-state index is 13.1. The Kier molecular flexibility index (Phi) is 1.84. The predicted octanol–water partition coefficient (Wildman–Crippen LogP) is 1.15. The first-order chi connectivity index (χ1) is 12.3. The van der Waals surface area contributed by atoms with Gasteiger partial charge in [-0.05, 0) is 25.4 Å². The second kappa shape index (κ2) is 4.80. The topological polar surface area (TPSA) is 95.0 Å². The maximum atomic E-state index is 13.1. The molecule has 1 atom stereocenters. The molecule has 6 heteroatoms. The monoisotopic (exact) mass is 291 g/mol. The van der Waals surface area contributed by atoms with Crippen LogP contribution in [0, 0.1) is 6.85 Å². The largest absolute Gasteiger partial charge is 0.398 e. The van der Waals surface area contributed by atoms with Gasteiger partial charge >= 0.3 is 0 Å². The number of Topliss-reactive ketones (excluding diaryl/α,β-unsaturated/α-hetero) is 2. The summed E-state index contributed by atoms with van der Waals surface area (Å²) in [7, 11) is 0. The lowest BCUT2D eigenvalue weighted by Crippen LogP contribution is -2.36. The fourth-order valence-corrected chi connectivity index (χ4v) is 2.27. The molecule has 2 N–H and O–H groups in total. The first kappa shape index (κ1) is 8.07. The first-order valence-electron chi connectivity index (χ1n) is 9.18. The number of aryl methyl sites for hydroxylation is 1. The number of rotatable bonds is 1. The van der Waals surface area contributed by atoms with Crippen LogP contribution in [-0.4, -0.2) is 21.1 Å². The molecule has 2 aromatic rings. The van der Waals surface area contributed by atoms with E-state index in [2.05, 4.69) is 4.98 Å². The van der Waals surface area contributed by atoms with Gasteiger partial charge in [-0.3, -0.25) is 19.0 Å². The van der Waals surface area contributed by atoms with E-state index in [0.717, 1.165) is 0 Å². The molecule has 1 aromatic heterocycles. The van der Waals surface area contributed by atoms with Crippen LogP contribution in [0.5, 0.6) is 0 Å². The molecule has 3 rings (SSSR count). The quantitative estimate of drug-likeness (QED) is 0.628. The molecule has 1 aliphatic rings. The third-order valence-electron chi connectivity index (χ3n) is 3.23. The number of nitrogens with two attached hydrogens (primary N) is 1. The minimum absolute atomic E-state index is 0.0501. The highest BCUT2D eigenvalue weighted by Crippen LogP contribution is 2.24. The molecule has 0 bridgehead atoms. The number of benzene rings is 1. The number of carbonyl (C=O) groups excluding carboxylic acids is 2. The summed E-state index contributed by atoms with van der Waals surface area (Å²) in [5, 5.41) is -0.224. The number of nitrogen functional groups attached to an aromatic ring is 1. The summed E-state index contributed by atoms with van der Waals surface area (Å²) in [6, 6.07) is 1.20. The third-order valence-corrected chi connectivity index (χ3v) is 3.23. The van der Waals surface area contributed by atoms with E-state index in [-0.39, 0.29) is 21.2 Å². The van der Waals surface area contributed by atoms with Crippen LogP contribution in [0.4, 0.5) is 5.69 Å². The fraction of sp³-hybridized carbons (Fsp3) is 0.333. The molecular formula is C15H15N3O3. The highest BCUT2D eigenvalue weighted by Gasteiger charge is 2.30. The van der Waals surface area contributed by atoms with E-state index in [1.807, 2.05) is 0 Å². The van der Waals surface area contributed by atoms with Gasteiger partial charge in [-0.2, -0.15) is 0 Å². The van der Waals surface area contributed by atoms with Crippen LogP contribution in [0.1, 0.15) is 39.3 Å². The highest BCUT2D eigenvalue weighted by molar-refractivity contribution is 6.03. The van der Waals surface area contributed by atoms with Crippen LogP contribution in [0.2, 0.25) is 0 Å². The normalized spacial score (nSPS) is 29.9. The average molecular weight is 291 g/mol. The number of hydrogen-bond donors (Lipinski definition) is 1. The summed E-state index contributed by atoms with van der Waals surface area (Å²) < 4.78 is 47.9. The van der Waals surface area contributed by atoms with Gasteiger partial charge in [-0.1, -0.05) is 6.07 Å². The summed E-state index contributed by atoms with van der Waals surface area (Å²) in [4.78, 5) is 41.2. The standard InChI is InChI=1S/C15H15N3O3/c1-8-17-11-4-2-3-10(16)14(11)15(21)18(8)12-6-5-9(19)7-13(12)20/h2-4,12H,5-7,16H2,1H3/i1D3,6D2,12D. The van der Waals surface area contributed by atoms with Crippen molar-refractivity contribution in [1.82, 2.24) is 9.55 Å². The smallest absolute Gasteiger partial charge is 0.264 e. The molecular weight excluding hydrogens is 270 g/mol.